The van der Waals surface area contributed by atoms with Crippen LogP contribution in [-0.4, -0.2) is 13.3 Å². The zero-order chi connectivity index (χ0) is 8.10. The average Bonchev–Trinajstić information content (AvgIpc) is 2.28. The van der Waals surface area contributed by atoms with Gasteiger partial charge in [-0.25, -0.2) is 4.39 Å². The topological polar surface area (TPSA) is 9.23 Å². The molecular weight excluding hydrogens is 143 g/mol. The van der Waals surface area contributed by atoms with Crippen LogP contribution < -0.4 is 0 Å². The van der Waals surface area contributed by atoms with Gasteiger partial charge in [0.2, 0.25) is 0 Å². The van der Waals surface area contributed by atoms with Crippen molar-refractivity contribution in [3.63, 3.8) is 0 Å². The molecule has 1 aliphatic heterocycles. The summed E-state index contributed by atoms with van der Waals surface area (Å²) in [6.45, 7) is 2.31. The van der Waals surface area contributed by atoms with Crippen molar-refractivity contribution >= 4 is 0 Å². The lowest BCUT2D eigenvalue weighted by Gasteiger charge is -2.03. The minimum absolute atomic E-state index is 0.382. The van der Waals surface area contributed by atoms with E-state index in [1.165, 1.54) is 0 Å². The Morgan fingerprint density at radius 3 is 3.09 bits per heavy atom. The quantitative estimate of drug-likeness (QED) is 0.597. The second-order valence-corrected chi connectivity index (χ2v) is 2.51. The third-order valence-electron chi connectivity index (χ3n) is 1.66. The highest BCUT2D eigenvalue weighted by Gasteiger charge is 2.02. The minimum Gasteiger partial charge on any atom is -0.498 e. The highest BCUT2D eigenvalue weighted by atomic mass is 19.1. The van der Waals surface area contributed by atoms with Crippen LogP contribution in [0.3, 0.4) is 0 Å². The second kappa shape index (κ2) is 4.16. The molecule has 62 valence electrons. The lowest BCUT2D eigenvalue weighted by molar-refractivity contribution is 0.212. The van der Waals surface area contributed by atoms with Crippen molar-refractivity contribution in [2.45, 2.75) is 19.8 Å². The lowest BCUT2D eigenvalue weighted by atomic mass is 10.2. The maximum absolute atomic E-state index is 12.2. The van der Waals surface area contributed by atoms with Gasteiger partial charge in [-0.3, -0.25) is 0 Å². The number of rotatable bonds is 2. The third-order valence-corrected chi connectivity index (χ3v) is 1.66. The average molecular weight is 156 g/mol. The molecule has 0 amide bonds. The molecule has 0 radical (unpaired) electrons. The zero-order valence-electron chi connectivity index (χ0n) is 6.77. The maximum Gasteiger partial charge on any atom is 0.114 e. The number of ether oxygens (including phenoxy) is 1. The van der Waals surface area contributed by atoms with Gasteiger partial charge in [-0.05, 0) is 11.6 Å². The molecule has 0 aromatic rings. The van der Waals surface area contributed by atoms with Crippen LogP contribution in [0.1, 0.15) is 19.8 Å². The summed E-state index contributed by atoms with van der Waals surface area (Å²) in [5.41, 5.74) is 0.749. The van der Waals surface area contributed by atoms with E-state index in [4.69, 9.17) is 4.74 Å². The molecule has 0 N–H and O–H groups in total. The summed E-state index contributed by atoms with van der Waals surface area (Å²) in [5.74, 6) is 0.895. The lowest BCUT2D eigenvalue weighted by Crippen LogP contribution is -1.90. The first kappa shape index (κ1) is 8.31. The Labute approximate surface area is 66.6 Å². The molecule has 0 unspecified atom stereocenters. The molecule has 0 saturated carbocycles. The van der Waals surface area contributed by atoms with Crippen LogP contribution in [0.25, 0.3) is 0 Å². The normalized spacial score (nSPS) is 18.0. The maximum atomic E-state index is 12.2. The van der Waals surface area contributed by atoms with Gasteiger partial charge in [0.05, 0.1) is 12.4 Å². The predicted octanol–water partition coefficient (Wildman–Crippen LogP) is 2.60. The Hall–Kier alpha value is -0.790. The fraction of sp³-hybridized carbons (Fsp3) is 0.556. The van der Waals surface area contributed by atoms with E-state index in [9.17, 15) is 4.39 Å². The van der Waals surface area contributed by atoms with E-state index in [0.717, 1.165) is 24.2 Å². The fourth-order valence-electron chi connectivity index (χ4n) is 1.04. The minimum atomic E-state index is -0.382. The molecule has 0 bridgehead atoms. The van der Waals surface area contributed by atoms with Crippen molar-refractivity contribution in [2.24, 2.45) is 0 Å². The molecule has 1 heterocycles. The summed E-state index contributed by atoms with van der Waals surface area (Å²) < 4.78 is 17.5. The van der Waals surface area contributed by atoms with Crippen molar-refractivity contribution in [1.29, 1.82) is 0 Å². The number of halogens is 1. The number of hydrogen-bond donors (Lipinski definition) is 0. The van der Waals surface area contributed by atoms with Gasteiger partial charge in [0.25, 0.3) is 0 Å². The highest BCUT2D eigenvalue weighted by Crippen LogP contribution is 2.13. The van der Waals surface area contributed by atoms with Crippen LogP contribution in [0, 0.1) is 0 Å². The van der Waals surface area contributed by atoms with Crippen molar-refractivity contribution in [3.05, 3.63) is 23.5 Å². The Bertz CT molecular complexity index is 182. The molecule has 1 rings (SSSR count). The zero-order valence-corrected chi connectivity index (χ0v) is 6.77. The molecule has 11 heavy (non-hydrogen) atoms. The van der Waals surface area contributed by atoms with Gasteiger partial charge in [0.15, 0.2) is 0 Å². The van der Waals surface area contributed by atoms with Crippen LogP contribution in [0.2, 0.25) is 0 Å². The van der Waals surface area contributed by atoms with E-state index in [0.29, 0.717) is 6.61 Å². The van der Waals surface area contributed by atoms with Gasteiger partial charge in [0, 0.05) is 12.8 Å². The molecule has 1 aliphatic rings. The first-order valence-corrected chi connectivity index (χ1v) is 3.95. The standard InChI is InChI=1S/C9H13FO/c1-2-9-6-8(7-10)4-3-5-11-9/h4,6H,2-3,5,7H2,1H3. The summed E-state index contributed by atoms with van der Waals surface area (Å²) in [5, 5.41) is 0. The third kappa shape index (κ3) is 2.37. The monoisotopic (exact) mass is 156 g/mol. The van der Waals surface area contributed by atoms with Crippen molar-refractivity contribution in [1.82, 2.24) is 0 Å². The summed E-state index contributed by atoms with van der Waals surface area (Å²) in [4.78, 5) is 0. The Morgan fingerprint density at radius 2 is 2.45 bits per heavy atom. The van der Waals surface area contributed by atoms with E-state index in [1.807, 2.05) is 13.0 Å². The Kier molecular flexibility index (Phi) is 3.14. The Balaban J connectivity index is 2.66. The highest BCUT2D eigenvalue weighted by molar-refractivity contribution is 5.22. The molecule has 0 atom stereocenters. The fourth-order valence-corrected chi connectivity index (χ4v) is 1.04. The van der Waals surface area contributed by atoms with Gasteiger partial charge < -0.3 is 4.74 Å². The van der Waals surface area contributed by atoms with Crippen LogP contribution in [0.4, 0.5) is 4.39 Å². The first-order valence-electron chi connectivity index (χ1n) is 3.95. The smallest absolute Gasteiger partial charge is 0.114 e. The second-order valence-electron chi connectivity index (χ2n) is 2.51. The molecular formula is C9H13FO. The summed E-state index contributed by atoms with van der Waals surface area (Å²) in [6.07, 6.45) is 5.35. The van der Waals surface area contributed by atoms with Gasteiger partial charge in [0.1, 0.15) is 6.67 Å². The van der Waals surface area contributed by atoms with E-state index in [2.05, 4.69) is 0 Å². The molecule has 0 aromatic heterocycles. The summed E-state index contributed by atoms with van der Waals surface area (Å²) in [7, 11) is 0. The summed E-state index contributed by atoms with van der Waals surface area (Å²) in [6, 6.07) is 0. The van der Waals surface area contributed by atoms with E-state index in [-0.39, 0.29) is 6.67 Å². The molecule has 0 aliphatic carbocycles. The number of hydrogen-bond acceptors (Lipinski definition) is 1. The molecule has 0 fully saturated rings. The van der Waals surface area contributed by atoms with Crippen molar-refractivity contribution in [3.8, 4) is 0 Å². The van der Waals surface area contributed by atoms with Crippen LogP contribution in [0.5, 0.6) is 0 Å². The van der Waals surface area contributed by atoms with E-state index >= 15 is 0 Å². The SMILES string of the molecule is CCC1=CC(CF)=CCCO1. The van der Waals surface area contributed by atoms with E-state index < -0.39 is 0 Å². The van der Waals surface area contributed by atoms with Gasteiger partial charge in [-0.1, -0.05) is 13.0 Å². The predicted molar refractivity (Wildman–Crippen MR) is 43.0 cm³/mol. The summed E-state index contributed by atoms with van der Waals surface area (Å²) >= 11 is 0. The number of allylic oxidation sites excluding steroid dienone is 3. The van der Waals surface area contributed by atoms with Crippen molar-refractivity contribution < 1.29 is 9.13 Å². The van der Waals surface area contributed by atoms with E-state index in [1.54, 1.807) is 6.08 Å². The molecule has 0 saturated heterocycles. The van der Waals surface area contributed by atoms with Crippen LogP contribution in [0.15, 0.2) is 23.5 Å². The first-order chi connectivity index (χ1) is 5.36. The molecule has 0 aromatic carbocycles. The largest absolute Gasteiger partial charge is 0.498 e. The molecule has 2 heteroatoms. The van der Waals surface area contributed by atoms with Crippen molar-refractivity contribution in [2.75, 3.05) is 13.3 Å². The van der Waals surface area contributed by atoms with Crippen LogP contribution >= 0.6 is 0 Å². The molecule has 1 nitrogen and oxygen atoms in total. The molecule has 0 spiro atoms. The Morgan fingerprint density at radius 1 is 1.64 bits per heavy atom. The van der Waals surface area contributed by atoms with Gasteiger partial charge in [-0.15, -0.1) is 0 Å². The van der Waals surface area contributed by atoms with Gasteiger partial charge in [-0.2, -0.15) is 0 Å². The number of alkyl halides is 1. The van der Waals surface area contributed by atoms with Gasteiger partial charge >= 0.3 is 0 Å². The van der Waals surface area contributed by atoms with Crippen LogP contribution in [-0.2, 0) is 4.74 Å².